The second kappa shape index (κ2) is 10.2. The van der Waals surface area contributed by atoms with Crippen molar-refractivity contribution in [2.45, 2.75) is 63.6 Å². The summed E-state index contributed by atoms with van der Waals surface area (Å²) >= 11 is 0. The van der Waals surface area contributed by atoms with Crippen LogP contribution in [0.25, 0.3) is 0 Å². The summed E-state index contributed by atoms with van der Waals surface area (Å²) in [5.74, 6) is -7.97. The van der Waals surface area contributed by atoms with Crippen molar-refractivity contribution in [3.05, 3.63) is 69.5 Å². The molecule has 232 valence electrons. The molecule has 1 aliphatic carbocycles. The molecule has 16 heteroatoms. The Morgan fingerprint density at radius 2 is 1.63 bits per heavy atom. The van der Waals surface area contributed by atoms with Crippen molar-refractivity contribution >= 4 is 29.2 Å². The lowest BCUT2D eigenvalue weighted by Crippen LogP contribution is -2.52. The molecule has 2 aromatic carbocycles. The van der Waals surface area contributed by atoms with E-state index in [1.54, 1.807) is 0 Å². The number of amides is 1. The minimum absolute atomic E-state index is 0.106. The fourth-order valence-corrected chi connectivity index (χ4v) is 5.60. The number of benzene rings is 2. The Balaban J connectivity index is 1.79. The van der Waals surface area contributed by atoms with Crippen LogP contribution in [-0.2, 0) is 30.0 Å². The summed E-state index contributed by atoms with van der Waals surface area (Å²) < 4.78 is 108. The molecule has 0 radical (unpaired) electrons. The summed E-state index contributed by atoms with van der Waals surface area (Å²) in [5, 5.41) is 12.9. The maximum Gasteiger partial charge on any atom is 0.423 e. The Hall–Kier alpha value is -4.24. The summed E-state index contributed by atoms with van der Waals surface area (Å²) in [4.78, 5) is 49.3. The minimum Gasteiger partial charge on any atom is -0.448 e. The Morgan fingerprint density at radius 1 is 1.02 bits per heavy atom. The van der Waals surface area contributed by atoms with Crippen LogP contribution in [0.4, 0.5) is 42.1 Å². The van der Waals surface area contributed by atoms with Gasteiger partial charge in [-0.3, -0.25) is 19.7 Å². The molecule has 4 rings (SSSR count). The van der Waals surface area contributed by atoms with E-state index in [1.807, 2.05) is 5.32 Å². The van der Waals surface area contributed by atoms with Crippen LogP contribution in [0.15, 0.2) is 42.5 Å². The normalized spacial score (nSPS) is 24.2. The Kier molecular flexibility index (Phi) is 7.51. The molecule has 1 amide bonds. The topological polar surface area (TPSA) is 125 Å². The number of fused-ring (bicyclic) bond motifs is 2. The van der Waals surface area contributed by atoms with Gasteiger partial charge in [-0.15, -0.1) is 0 Å². The number of alkyl halides is 6. The van der Waals surface area contributed by atoms with Gasteiger partial charge in [0.25, 0.3) is 11.6 Å². The molecule has 1 saturated carbocycles. The number of hydrogen-bond donors (Lipinski definition) is 1. The van der Waals surface area contributed by atoms with E-state index >= 15 is 0 Å². The minimum atomic E-state index is -5.35. The fourth-order valence-electron chi connectivity index (χ4n) is 5.60. The number of hydrogen-bond acceptors (Lipinski definition) is 7. The van der Waals surface area contributed by atoms with Crippen LogP contribution in [-0.4, -0.2) is 40.7 Å². The standard InChI is InChI=1S/C27H23F7N2O7/c1-23(2)24(3)10-11-25(23,43-21(24)38)22(39)42-19(18(27(32,33)34)13-4-6-14(28)7-5-13)20(37)35-15-8-9-17(36(40)41)16(12-15)26(29,30)31/h4-9,12,18-19H,10-11H2,1-3H3,(H,35,37). The van der Waals surface area contributed by atoms with Crippen LogP contribution >= 0.6 is 0 Å². The molecule has 1 aliphatic heterocycles. The zero-order chi connectivity index (χ0) is 32.3. The number of ether oxygens (including phenoxy) is 2. The molecule has 0 spiro atoms. The lowest BCUT2D eigenvalue weighted by molar-refractivity contribution is -0.388. The zero-order valence-electron chi connectivity index (χ0n) is 22.6. The van der Waals surface area contributed by atoms with Crippen LogP contribution in [0.3, 0.4) is 0 Å². The first kappa shape index (κ1) is 31.7. The lowest BCUT2D eigenvalue weighted by Gasteiger charge is -2.36. The molecule has 2 fully saturated rings. The third kappa shape index (κ3) is 5.16. The van der Waals surface area contributed by atoms with E-state index < -0.39 is 91.9 Å². The average molecular weight is 620 g/mol. The van der Waals surface area contributed by atoms with E-state index in [2.05, 4.69) is 0 Å². The van der Waals surface area contributed by atoms with Crippen molar-refractivity contribution in [2.75, 3.05) is 5.32 Å². The number of carbonyl (C=O) groups is 3. The highest BCUT2D eigenvalue weighted by molar-refractivity contribution is 5.99. The summed E-state index contributed by atoms with van der Waals surface area (Å²) in [6.07, 6.45) is -13.5. The predicted molar refractivity (Wildman–Crippen MR) is 132 cm³/mol. The molecule has 1 heterocycles. The second-order valence-electron chi connectivity index (χ2n) is 11.0. The Labute approximate surface area is 238 Å². The highest BCUT2D eigenvalue weighted by Crippen LogP contribution is 2.66. The van der Waals surface area contributed by atoms with Crippen molar-refractivity contribution in [3.63, 3.8) is 0 Å². The van der Waals surface area contributed by atoms with E-state index in [4.69, 9.17) is 9.47 Å². The molecule has 2 aliphatic rings. The first-order valence-corrected chi connectivity index (χ1v) is 12.6. The summed E-state index contributed by atoms with van der Waals surface area (Å²) in [6.45, 7) is 4.45. The number of anilines is 1. The van der Waals surface area contributed by atoms with Crippen LogP contribution in [0.1, 0.15) is 50.7 Å². The molecular weight excluding hydrogens is 597 g/mol. The fraction of sp³-hybridized carbons (Fsp3) is 0.444. The lowest BCUT2D eigenvalue weighted by atomic mass is 9.66. The largest absolute Gasteiger partial charge is 0.448 e. The van der Waals surface area contributed by atoms with Crippen molar-refractivity contribution in [3.8, 4) is 0 Å². The van der Waals surface area contributed by atoms with Gasteiger partial charge < -0.3 is 14.8 Å². The molecule has 9 nitrogen and oxygen atoms in total. The zero-order valence-corrected chi connectivity index (χ0v) is 22.6. The number of nitrogens with one attached hydrogen (secondary N) is 1. The molecule has 2 bridgehead atoms. The van der Waals surface area contributed by atoms with Crippen molar-refractivity contribution in [1.29, 1.82) is 0 Å². The van der Waals surface area contributed by atoms with Crippen molar-refractivity contribution in [2.24, 2.45) is 10.8 Å². The van der Waals surface area contributed by atoms with E-state index in [1.165, 1.54) is 20.8 Å². The summed E-state index contributed by atoms with van der Waals surface area (Å²) in [5.41, 5.74) is -9.34. The second-order valence-corrected chi connectivity index (χ2v) is 11.0. The number of carbonyl (C=O) groups excluding carboxylic acids is 3. The third-order valence-corrected chi connectivity index (χ3v) is 8.56. The first-order valence-electron chi connectivity index (χ1n) is 12.6. The predicted octanol–water partition coefficient (Wildman–Crippen LogP) is 6.07. The number of nitrogens with zero attached hydrogens (tertiary/aromatic N) is 1. The van der Waals surface area contributed by atoms with E-state index in [9.17, 15) is 55.2 Å². The highest BCUT2D eigenvalue weighted by Gasteiger charge is 2.77. The van der Waals surface area contributed by atoms with Crippen LogP contribution in [0.2, 0.25) is 0 Å². The third-order valence-electron chi connectivity index (χ3n) is 8.56. The smallest absolute Gasteiger partial charge is 0.423 e. The van der Waals surface area contributed by atoms with Crippen molar-refractivity contribution in [1.82, 2.24) is 0 Å². The highest BCUT2D eigenvalue weighted by atomic mass is 19.4. The van der Waals surface area contributed by atoms with Gasteiger partial charge in [-0.1, -0.05) is 26.0 Å². The molecule has 1 N–H and O–H groups in total. The maximum atomic E-state index is 14.5. The summed E-state index contributed by atoms with van der Waals surface area (Å²) in [6, 6.07) is 3.84. The molecular formula is C27H23F7N2O7. The Morgan fingerprint density at radius 3 is 2.09 bits per heavy atom. The average Bonchev–Trinajstić information content (AvgIpc) is 3.18. The van der Waals surface area contributed by atoms with Gasteiger partial charge in [0.2, 0.25) is 5.60 Å². The molecule has 2 aromatic rings. The van der Waals surface area contributed by atoms with Crippen LogP contribution < -0.4 is 5.32 Å². The van der Waals surface area contributed by atoms with Gasteiger partial charge in [0, 0.05) is 17.2 Å². The first-order chi connectivity index (χ1) is 19.7. The van der Waals surface area contributed by atoms with Crippen LogP contribution in [0, 0.1) is 26.8 Å². The number of rotatable bonds is 7. The molecule has 43 heavy (non-hydrogen) atoms. The van der Waals surface area contributed by atoms with Gasteiger partial charge in [-0.2, -0.15) is 26.3 Å². The number of nitro benzene ring substituents is 1. The summed E-state index contributed by atoms with van der Waals surface area (Å²) in [7, 11) is 0. The number of esters is 2. The Bertz CT molecular complexity index is 1490. The van der Waals surface area contributed by atoms with E-state index in [0.29, 0.717) is 36.4 Å². The van der Waals surface area contributed by atoms with Gasteiger partial charge in [-0.25, -0.2) is 9.18 Å². The van der Waals surface area contributed by atoms with Crippen molar-refractivity contribution < 1.29 is 59.5 Å². The van der Waals surface area contributed by atoms with Gasteiger partial charge in [0.05, 0.1) is 10.3 Å². The number of nitro groups is 1. The SMILES string of the molecule is CC12CCC(C(=O)OC(C(=O)Nc3ccc([N+](=O)[O-])c(C(F)(F)F)c3)C(c3ccc(F)cc3)C(F)(F)F)(OC1=O)C2(C)C. The van der Waals surface area contributed by atoms with E-state index in [0.717, 1.165) is 0 Å². The van der Waals surface area contributed by atoms with Gasteiger partial charge in [0.15, 0.2) is 6.10 Å². The van der Waals surface area contributed by atoms with Gasteiger partial charge >= 0.3 is 24.3 Å². The van der Waals surface area contributed by atoms with E-state index in [-0.39, 0.29) is 18.9 Å². The maximum absolute atomic E-state index is 14.5. The van der Waals surface area contributed by atoms with Crippen LogP contribution in [0.5, 0.6) is 0 Å². The molecule has 4 unspecified atom stereocenters. The monoisotopic (exact) mass is 620 g/mol. The number of halogens is 7. The van der Waals surface area contributed by atoms with Gasteiger partial charge in [-0.05, 0) is 49.6 Å². The van der Waals surface area contributed by atoms with Gasteiger partial charge in [0.1, 0.15) is 17.3 Å². The molecule has 0 aromatic heterocycles. The molecule has 4 atom stereocenters. The quantitative estimate of drug-likeness (QED) is 0.172. The molecule has 1 saturated heterocycles.